The number of anilines is 1. The van der Waals surface area contributed by atoms with Crippen molar-refractivity contribution < 1.29 is 17.9 Å². The van der Waals surface area contributed by atoms with Crippen molar-refractivity contribution in [2.45, 2.75) is 10.1 Å². The first-order chi connectivity index (χ1) is 8.02. The first-order valence-corrected chi connectivity index (χ1v) is 6.49. The fraction of sp³-hybridized carbons (Fsp3) is 0.300. The molecule has 1 atom stereocenters. The van der Waals surface area contributed by atoms with Crippen LogP contribution in [0.3, 0.4) is 0 Å². The highest BCUT2D eigenvalue weighted by molar-refractivity contribution is 7.93. The Hall–Kier alpha value is -1.60. The van der Waals surface area contributed by atoms with Gasteiger partial charge in [0.1, 0.15) is 11.4 Å². The Morgan fingerprint density at radius 2 is 2.18 bits per heavy atom. The zero-order chi connectivity index (χ0) is 12.6. The fourth-order valence-corrected chi connectivity index (χ4v) is 3.38. The van der Waals surface area contributed by atoms with Crippen molar-refractivity contribution in [1.82, 2.24) is 0 Å². The topological polar surface area (TPSA) is 98.5 Å². The van der Waals surface area contributed by atoms with E-state index in [1.165, 1.54) is 13.2 Å². The molecule has 0 fully saturated rings. The highest BCUT2D eigenvalue weighted by Crippen LogP contribution is 2.36. The molecule has 0 radical (unpaired) electrons. The van der Waals surface area contributed by atoms with Crippen molar-refractivity contribution in [2.24, 2.45) is 5.73 Å². The van der Waals surface area contributed by atoms with Crippen molar-refractivity contribution in [1.29, 1.82) is 0 Å². The van der Waals surface area contributed by atoms with Crippen LogP contribution in [0.4, 0.5) is 5.69 Å². The predicted molar refractivity (Wildman–Crippen MR) is 61.7 cm³/mol. The van der Waals surface area contributed by atoms with Crippen molar-refractivity contribution in [3.63, 3.8) is 0 Å². The largest absolute Gasteiger partial charge is 0.495 e. The van der Waals surface area contributed by atoms with Gasteiger partial charge in [-0.25, -0.2) is 8.42 Å². The highest BCUT2D eigenvalue weighted by atomic mass is 32.2. The number of sulfone groups is 1. The molecule has 7 heteroatoms. The summed E-state index contributed by atoms with van der Waals surface area (Å²) in [6, 6.07) is 4.56. The van der Waals surface area contributed by atoms with Crippen LogP contribution in [0.15, 0.2) is 23.1 Å². The van der Waals surface area contributed by atoms with Crippen molar-refractivity contribution >= 4 is 21.4 Å². The first kappa shape index (κ1) is 11.9. The summed E-state index contributed by atoms with van der Waals surface area (Å²) >= 11 is 0. The molecule has 0 spiro atoms. The molecule has 2 rings (SSSR count). The SMILES string of the molecule is COc1cccc2c1NC(=O)C(CN)S2(=O)=O. The van der Waals surface area contributed by atoms with Gasteiger partial charge in [-0.2, -0.15) is 0 Å². The molecule has 6 nitrogen and oxygen atoms in total. The Bertz CT molecular complexity index is 568. The number of fused-ring (bicyclic) bond motifs is 1. The van der Waals surface area contributed by atoms with Crippen LogP contribution in [0.1, 0.15) is 0 Å². The maximum absolute atomic E-state index is 12.1. The van der Waals surface area contributed by atoms with E-state index in [1.807, 2.05) is 0 Å². The molecule has 92 valence electrons. The van der Waals surface area contributed by atoms with Crippen LogP contribution >= 0.6 is 0 Å². The zero-order valence-electron chi connectivity index (χ0n) is 9.14. The first-order valence-electron chi connectivity index (χ1n) is 4.94. The van der Waals surface area contributed by atoms with E-state index in [2.05, 4.69) is 5.32 Å². The smallest absolute Gasteiger partial charge is 0.244 e. The third kappa shape index (κ3) is 1.67. The summed E-state index contributed by atoms with van der Waals surface area (Å²) in [5, 5.41) is 1.28. The molecule has 0 saturated carbocycles. The summed E-state index contributed by atoms with van der Waals surface area (Å²) in [4.78, 5) is 11.7. The Morgan fingerprint density at radius 3 is 2.76 bits per heavy atom. The molecule has 1 aromatic carbocycles. The molecule has 0 bridgehead atoms. The van der Waals surface area contributed by atoms with Crippen LogP contribution in [-0.2, 0) is 14.6 Å². The van der Waals surface area contributed by atoms with E-state index >= 15 is 0 Å². The van der Waals surface area contributed by atoms with Crippen molar-refractivity contribution in [2.75, 3.05) is 19.0 Å². The van der Waals surface area contributed by atoms with Gasteiger partial charge in [-0.3, -0.25) is 4.79 Å². The highest BCUT2D eigenvalue weighted by Gasteiger charge is 2.40. The van der Waals surface area contributed by atoms with E-state index in [0.717, 1.165) is 0 Å². The normalized spacial score (nSPS) is 21.5. The van der Waals surface area contributed by atoms with Gasteiger partial charge in [0.05, 0.1) is 12.0 Å². The second-order valence-corrected chi connectivity index (χ2v) is 5.69. The lowest BCUT2D eigenvalue weighted by molar-refractivity contribution is -0.115. The Balaban J connectivity index is 2.70. The van der Waals surface area contributed by atoms with Crippen LogP contribution in [0.5, 0.6) is 5.75 Å². The molecule has 17 heavy (non-hydrogen) atoms. The Labute approximate surface area is 98.7 Å². The molecule has 1 amide bonds. The third-order valence-corrected chi connectivity index (χ3v) is 4.75. The van der Waals surface area contributed by atoms with Gasteiger partial charge in [-0.15, -0.1) is 0 Å². The maximum atomic E-state index is 12.1. The minimum Gasteiger partial charge on any atom is -0.495 e. The third-order valence-electron chi connectivity index (χ3n) is 2.64. The number of carbonyl (C=O) groups is 1. The minimum absolute atomic E-state index is 0.0481. The Kier molecular flexibility index (Phi) is 2.80. The zero-order valence-corrected chi connectivity index (χ0v) is 9.95. The molecule has 1 aliphatic heterocycles. The molecule has 3 N–H and O–H groups in total. The number of nitrogens with two attached hydrogens (primary N) is 1. The van der Waals surface area contributed by atoms with E-state index in [-0.39, 0.29) is 17.1 Å². The van der Waals surface area contributed by atoms with Gasteiger partial charge in [0.2, 0.25) is 5.91 Å². The summed E-state index contributed by atoms with van der Waals surface area (Å²) in [5.41, 5.74) is 5.51. The van der Waals surface area contributed by atoms with Crippen LogP contribution in [0, 0.1) is 0 Å². The fourth-order valence-electron chi connectivity index (χ4n) is 1.77. The van der Waals surface area contributed by atoms with E-state index in [0.29, 0.717) is 5.75 Å². The number of benzene rings is 1. The number of ether oxygens (including phenoxy) is 1. The lowest BCUT2D eigenvalue weighted by Crippen LogP contribution is -2.44. The van der Waals surface area contributed by atoms with Gasteiger partial charge in [0.25, 0.3) is 0 Å². The van der Waals surface area contributed by atoms with Gasteiger partial charge in [-0.1, -0.05) is 6.07 Å². The Morgan fingerprint density at radius 1 is 1.47 bits per heavy atom. The monoisotopic (exact) mass is 256 g/mol. The number of hydrogen-bond acceptors (Lipinski definition) is 5. The molecule has 1 heterocycles. The summed E-state index contributed by atoms with van der Waals surface area (Å²) in [6.07, 6.45) is 0. The average molecular weight is 256 g/mol. The minimum atomic E-state index is -3.73. The number of amides is 1. The second kappa shape index (κ2) is 4.01. The summed E-state index contributed by atoms with van der Waals surface area (Å²) < 4.78 is 29.2. The van der Waals surface area contributed by atoms with E-state index in [1.54, 1.807) is 12.1 Å². The molecule has 1 unspecified atom stereocenters. The molecule has 1 aliphatic rings. The number of hydrogen-bond donors (Lipinski definition) is 2. The van der Waals surface area contributed by atoms with Crippen LogP contribution in [0.25, 0.3) is 0 Å². The number of rotatable bonds is 2. The maximum Gasteiger partial charge on any atom is 0.244 e. The quantitative estimate of drug-likeness (QED) is 0.760. The number of para-hydroxylation sites is 1. The van der Waals surface area contributed by atoms with Gasteiger partial charge < -0.3 is 15.8 Å². The molecule has 0 aromatic heterocycles. The summed E-state index contributed by atoms with van der Waals surface area (Å²) in [5.74, 6) is -0.306. The van der Waals surface area contributed by atoms with E-state index in [4.69, 9.17) is 10.5 Å². The lowest BCUT2D eigenvalue weighted by Gasteiger charge is -2.24. The van der Waals surface area contributed by atoms with Gasteiger partial charge in [-0.05, 0) is 12.1 Å². The lowest BCUT2D eigenvalue weighted by atomic mass is 10.2. The molecule has 1 aromatic rings. The van der Waals surface area contributed by atoms with Crippen LogP contribution in [0.2, 0.25) is 0 Å². The van der Waals surface area contributed by atoms with Gasteiger partial charge >= 0.3 is 0 Å². The van der Waals surface area contributed by atoms with Gasteiger partial charge in [0, 0.05) is 6.54 Å². The molecule has 0 aliphatic carbocycles. The average Bonchev–Trinajstić information content (AvgIpc) is 2.28. The summed E-state index contributed by atoms with van der Waals surface area (Å²) in [6.45, 7) is -0.245. The molecule has 0 saturated heterocycles. The van der Waals surface area contributed by atoms with Crippen molar-refractivity contribution in [3.05, 3.63) is 18.2 Å². The van der Waals surface area contributed by atoms with E-state index < -0.39 is 21.0 Å². The van der Waals surface area contributed by atoms with Crippen molar-refractivity contribution in [3.8, 4) is 5.75 Å². The second-order valence-electron chi connectivity index (χ2n) is 3.59. The molecular formula is C10H12N2O4S. The standard InChI is InChI=1S/C10H12N2O4S/c1-16-6-3-2-4-7-9(6)12-10(13)8(5-11)17(7,14)15/h2-4,8H,5,11H2,1H3,(H,12,13). The number of nitrogens with one attached hydrogen (secondary N) is 1. The predicted octanol–water partition coefficient (Wildman–Crippen LogP) is -0.252. The number of carbonyl (C=O) groups excluding carboxylic acids is 1. The molecular weight excluding hydrogens is 244 g/mol. The van der Waals surface area contributed by atoms with Gasteiger partial charge in [0.15, 0.2) is 15.1 Å². The number of methoxy groups -OCH3 is 1. The van der Waals surface area contributed by atoms with E-state index in [9.17, 15) is 13.2 Å². The van der Waals surface area contributed by atoms with Crippen LogP contribution in [-0.4, -0.2) is 33.2 Å². The van der Waals surface area contributed by atoms with Crippen LogP contribution < -0.4 is 15.8 Å². The summed E-state index contributed by atoms with van der Waals surface area (Å²) in [7, 11) is -2.33.